The largest absolute Gasteiger partial charge is 0.326 e. The second-order valence-corrected chi connectivity index (χ2v) is 8.52. The summed E-state index contributed by atoms with van der Waals surface area (Å²) >= 11 is 8.89. The van der Waals surface area contributed by atoms with Crippen molar-refractivity contribution in [3.05, 3.63) is 95.0 Å². The number of carbonyl (C=O) groups excluding carboxylic acids is 3. The molecule has 0 aromatic heterocycles. The van der Waals surface area contributed by atoms with Gasteiger partial charge in [-0.3, -0.25) is 24.7 Å². The predicted octanol–water partition coefficient (Wildman–Crippen LogP) is 4.13. The molecule has 0 radical (unpaired) electrons. The number of nitrogens with zero attached hydrogens (tertiary/aromatic N) is 2. The van der Waals surface area contributed by atoms with Crippen LogP contribution < -0.4 is 15.6 Å². The van der Waals surface area contributed by atoms with Gasteiger partial charge in [0.05, 0.1) is 12.1 Å². The van der Waals surface area contributed by atoms with Crippen LogP contribution in [0.5, 0.6) is 0 Å². The van der Waals surface area contributed by atoms with Gasteiger partial charge in [0.1, 0.15) is 6.04 Å². The number of thiocarbonyl (C=S) groups is 1. The molecule has 0 saturated carbocycles. The molecule has 1 aliphatic rings. The molecule has 2 N–H and O–H groups in total. The van der Waals surface area contributed by atoms with Crippen molar-refractivity contribution in [3.8, 4) is 0 Å². The quantitative estimate of drug-likeness (QED) is 0.475. The molecule has 166 valence electrons. The number of hydrogen-bond acceptors (Lipinski definition) is 4. The Morgan fingerprint density at radius 3 is 2.15 bits per heavy atom. The Labute approximate surface area is 204 Å². The fourth-order valence-electron chi connectivity index (χ4n) is 3.40. The normalized spacial score (nSPS) is 15.5. The number of hydrogen-bond donors (Lipinski definition) is 2. The molecular weight excluding hydrogens is 504 g/mol. The molecule has 1 saturated heterocycles. The molecule has 3 aromatic rings. The van der Waals surface area contributed by atoms with Crippen molar-refractivity contribution >= 4 is 62.4 Å². The number of benzene rings is 3. The molecule has 4 rings (SSSR count). The zero-order valence-electron chi connectivity index (χ0n) is 17.3. The summed E-state index contributed by atoms with van der Waals surface area (Å²) in [6.07, 6.45) is -0.197. The molecule has 1 unspecified atom stereocenters. The maximum atomic E-state index is 13.3. The van der Waals surface area contributed by atoms with Gasteiger partial charge < -0.3 is 5.32 Å². The Bertz CT molecular complexity index is 1190. The van der Waals surface area contributed by atoms with Crippen LogP contribution in [0.3, 0.4) is 0 Å². The Morgan fingerprint density at radius 2 is 1.52 bits per heavy atom. The van der Waals surface area contributed by atoms with E-state index in [0.29, 0.717) is 16.9 Å². The first-order valence-electron chi connectivity index (χ1n) is 10.1. The van der Waals surface area contributed by atoms with E-state index in [2.05, 4.69) is 26.7 Å². The fraction of sp³-hybridized carbons (Fsp3) is 0.0833. The average molecular weight is 523 g/mol. The van der Waals surface area contributed by atoms with E-state index < -0.39 is 17.9 Å². The van der Waals surface area contributed by atoms with Crippen LogP contribution >= 0.6 is 28.1 Å². The molecule has 1 fully saturated rings. The predicted molar refractivity (Wildman–Crippen MR) is 133 cm³/mol. The zero-order chi connectivity index (χ0) is 23.4. The first-order valence-corrected chi connectivity index (χ1v) is 11.3. The van der Waals surface area contributed by atoms with Gasteiger partial charge in [0, 0.05) is 15.7 Å². The van der Waals surface area contributed by atoms with E-state index >= 15 is 0 Å². The molecule has 1 heterocycles. The van der Waals surface area contributed by atoms with Gasteiger partial charge in [-0.15, -0.1) is 0 Å². The summed E-state index contributed by atoms with van der Waals surface area (Å²) in [6.45, 7) is 0. The van der Waals surface area contributed by atoms with Gasteiger partial charge in [-0.25, -0.2) is 5.01 Å². The second kappa shape index (κ2) is 9.93. The molecule has 33 heavy (non-hydrogen) atoms. The fourth-order valence-corrected chi connectivity index (χ4v) is 4.03. The molecule has 1 atom stereocenters. The van der Waals surface area contributed by atoms with E-state index in [9.17, 15) is 14.4 Å². The molecule has 0 bridgehead atoms. The van der Waals surface area contributed by atoms with Crippen LogP contribution in [-0.4, -0.2) is 33.9 Å². The van der Waals surface area contributed by atoms with Crippen molar-refractivity contribution in [2.24, 2.45) is 0 Å². The van der Waals surface area contributed by atoms with Crippen molar-refractivity contribution in [3.63, 3.8) is 0 Å². The van der Waals surface area contributed by atoms with E-state index in [1.54, 1.807) is 72.8 Å². The minimum Gasteiger partial charge on any atom is -0.326 e. The maximum absolute atomic E-state index is 13.3. The zero-order valence-corrected chi connectivity index (χ0v) is 19.7. The van der Waals surface area contributed by atoms with E-state index in [4.69, 9.17) is 12.2 Å². The summed E-state index contributed by atoms with van der Waals surface area (Å²) in [4.78, 5) is 40.3. The highest BCUT2D eigenvalue weighted by Crippen LogP contribution is 2.26. The highest BCUT2D eigenvalue weighted by atomic mass is 79.9. The third-order valence-electron chi connectivity index (χ3n) is 4.99. The Hall–Kier alpha value is -3.56. The first-order chi connectivity index (χ1) is 15.9. The minimum atomic E-state index is -0.999. The van der Waals surface area contributed by atoms with Gasteiger partial charge >= 0.3 is 0 Å². The number of nitrogens with one attached hydrogen (secondary N) is 2. The number of amides is 3. The lowest BCUT2D eigenvalue weighted by molar-refractivity contribution is -0.124. The third-order valence-corrected chi connectivity index (χ3v) is 5.90. The Balaban J connectivity index is 1.59. The number of hydrazine groups is 1. The summed E-state index contributed by atoms with van der Waals surface area (Å²) in [7, 11) is 0. The van der Waals surface area contributed by atoms with Crippen molar-refractivity contribution in [2.45, 2.75) is 12.5 Å². The SMILES string of the molecule is O=C(CC1C(=O)N(c2ccccc2)C(=S)N1NC(=O)c1ccc(Br)cc1)Nc1ccccc1. The highest BCUT2D eigenvalue weighted by molar-refractivity contribution is 9.10. The smallest absolute Gasteiger partial charge is 0.269 e. The molecule has 9 heteroatoms. The summed E-state index contributed by atoms with van der Waals surface area (Å²) in [5.74, 6) is -1.22. The van der Waals surface area contributed by atoms with E-state index in [1.165, 1.54) is 9.91 Å². The molecule has 0 aliphatic carbocycles. The van der Waals surface area contributed by atoms with Gasteiger partial charge in [0.15, 0.2) is 0 Å². The van der Waals surface area contributed by atoms with E-state index in [1.807, 2.05) is 12.1 Å². The second-order valence-electron chi connectivity index (χ2n) is 7.24. The molecular formula is C24H19BrN4O3S. The molecule has 0 spiro atoms. The van der Waals surface area contributed by atoms with Crippen LogP contribution in [0.2, 0.25) is 0 Å². The molecule has 7 nitrogen and oxygen atoms in total. The Morgan fingerprint density at radius 1 is 0.909 bits per heavy atom. The average Bonchev–Trinajstić information content (AvgIpc) is 3.04. The van der Waals surface area contributed by atoms with Crippen LogP contribution in [-0.2, 0) is 9.59 Å². The maximum Gasteiger partial charge on any atom is 0.269 e. The number of anilines is 2. The lowest BCUT2D eigenvalue weighted by Gasteiger charge is -2.24. The van der Waals surface area contributed by atoms with Crippen molar-refractivity contribution in [1.29, 1.82) is 0 Å². The first kappa shape index (κ1) is 22.6. The van der Waals surface area contributed by atoms with Gasteiger partial charge in [-0.2, -0.15) is 0 Å². The lowest BCUT2D eigenvalue weighted by Crippen LogP contribution is -2.49. The van der Waals surface area contributed by atoms with Crippen LogP contribution in [0, 0.1) is 0 Å². The van der Waals surface area contributed by atoms with Crippen LogP contribution in [0.1, 0.15) is 16.8 Å². The van der Waals surface area contributed by atoms with Crippen LogP contribution in [0.15, 0.2) is 89.4 Å². The number of halogens is 1. The summed E-state index contributed by atoms with van der Waals surface area (Å²) in [5, 5.41) is 4.16. The number of para-hydroxylation sites is 2. The Kier molecular flexibility index (Phi) is 6.81. The molecule has 3 amide bonds. The van der Waals surface area contributed by atoms with Crippen molar-refractivity contribution in [2.75, 3.05) is 10.2 Å². The van der Waals surface area contributed by atoms with Crippen molar-refractivity contribution < 1.29 is 14.4 Å². The summed E-state index contributed by atoms with van der Waals surface area (Å²) in [5.41, 5.74) is 4.27. The molecule has 1 aliphatic heterocycles. The number of carbonyl (C=O) groups is 3. The van der Waals surface area contributed by atoms with Crippen molar-refractivity contribution in [1.82, 2.24) is 10.4 Å². The van der Waals surface area contributed by atoms with Gasteiger partial charge in [0.25, 0.3) is 11.8 Å². The summed E-state index contributed by atoms with van der Waals surface area (Å²) in [6, 6.07) is 23.6. The monoisotopic (exact) mass is 522 g/mol. The molecule has 3 aromatic carbocycles. The minimum absolute atomic E-state index is 0.0918. The third kappa shape index (κ3) is 5.10. The lowest BCUT2D eigenvalue weighted by atomic mass is 10.1. The topological polar surface area (TPSA) is 81.8 Å². The van der Waals surface area contributed by atoms with Crippen LogP contribution in [0.4, 0.5) is 11.4 Å². The highest BCUT2D eigenvalue weighted by Gasteiger charge is 2.45. The number of rotatable bonds is 6. The van der Waals surface area contributed by atoms with E-state index in [0.717, 1.165) is 4.47 Å². The van der Waals surface area contributed by atoms with Gasteiger partial charge in [-0.05, 0) is 60.7 Å². The standard InChI is InChI=1S/C24H19BrN4O3S/c25-17-13-11-16(12-14-17)22(31)27-29-20(15-21(30)26-18-7-3-1-4-8-18)23(32)28(24(29)33)19-9-5-2-6-10-19/h1-14,20H,15H2,(H,26,30)(H,27,31). The summed E-state index contributed by atoms with van der Waals surface area (Å²) < 4.78 is 0.830. The van der Waals surface area contributed by atoms with Gasteiger partial charge in [0.2, 0.25) is 11.0 Å². The van der Waals surface area contributed by atoms with Gasteiger partial charge in [-0.1, -0.05) is 52.3 Å². The van der Waals surface area contributed by atoms with E-state index in [-0.39, 0.29) is 17.4 Å². The van der Waals surface area contributed by atoms with Crippen LogP contribution in [0.25, 0.3) is 0 Å².